The van der Waals surface area contributed by atoms with E-state index < -0.39 is 0 Å². The van der Waals surface area contributed by atoms with Crippen LogP contribution in [0.2, 0.25) is 0 Å². The van der Waals surface area contributed by atoms with Crippen molar-refractivity contribution in [3.63, 3.8) is 0 Å². The normalized spacial score (nSPS) is 23.4. The molecular weight excluding hydrogens is 238 g/mol. The van der Waals surface area contributed by atoms with Crippen LogP contribution in [0.4, 0.5) is 0 Å². The molecule has 1 aromatic carbocycles. The lowest BCUT2D eigenvalue weighted by molar-refractivity contribution is 0.245. The molecule has 0 bridgehead atoms. The quantitative estimate of drug-likeness (QED) is 0.882. The fourth-order valence-corrected chi connectivity index (χ4v) is 2.88. The van der Waals surface area contributed by atoms with Crippen molar-refractivity contribution in [1.82, 2.24) is 5.32 Å². The summed E-state index contributed by atoms with van der Waals surface area (Å²) in [6.07, 6.45) is 5.09. The summed E-state index contributed by atoms with van der Waals surface area (Å²) in [5.41, 5.74) is 1.83. The Morgan fingerprint density at radius 2 is 2.26 bits per heavy atom. The summed E-state index contributed by atoms with van der Waals surface area (Å²) >= 11 is 0. The van der Waals surface area contributed by atoms with Crippen LogP contribution in [0.5, 0.6) is 11.5 Å². The molecule has 2 aliphatic rings. The monoisotopic (exact) mass is 261 g/mol. The van der Waals surface area contributed by atoms with E-state index in [9.17, 15) is 0 Å². The first-order chi connectivity index (χ1) is 9.26. The summed E-state index contributed by atoms with van der Waals surface area (Å²) in [5, 5.41) is 3.75. The Morgan fingerprint density at radius 1 is 1.42 bits per heavy atom. The van der Waals surface area contributed by atoms with Crippen molar-refractivity contribution in [2.75, 3.05) is 20.3 Å². The van der Waals surface area contributed by atoms with E-state index >= 15 is 0 Å². The summed E-state index contributed by atoms with van der Waals surface area (Å²) in [7, 11) is 1.71. The molecule has 3 heteroatoms. The smallest absolute Gasteiger partial charge is 0.124 e. The van der Waals surface area contributed by atoms with Crippen molar-refractivity contribution in [2.24, 2.45) is 5.41 Å². The zero-order valence-corrected chi connectivity index (χ0v) is 11.9. The number of methoxy groups -OCH3 is 1. The van der Waals surface area contributed by atoms with E-state index in [2.05, 4.69) is 18.3 Å². The summed E-state index contributed by atoms with van der Waals surface area (Å²) in [6, 6.07) is 6.50. The van der Waals surface area contributed by atoms with Gasteiger partial charge in [0.2, 0.25) is 0 Å². The Labute approximate surface area is 115 Å². The van der Waals surface area contributed by atoms with Gasteiger partial charge in [0, 0.05) is 24.6 Å². The van der Waals surface area contributed by atoms with Crippen LogP contribution in [-0.2, 0) is 0 Å². The summed E-state index contributed by atoms with van der Waals surface area (Å²) < 4.78 is 11.1. The van der Waals surface area contributed by atoms with E-state index in [1.807, 2.05) is 12.1 Å². The van der Waals surface area contributed by atoms with E-state index in [0.29, 0.717) is 11.5 Å². The molecule has 0 amide bonds. The number of fused-ring (bicyclic) bond motifs is 1. The van der Waals surface area contributed by atoms with E-state index in [4.69, 9.17) is 9.47 Å². The Hall–Kier alpha value is -1.22. The van der Waals surface area contributed by atoms with E-state index in [-0.39, 0.29) is 0 Å². The fourth-order valence-electron chi connectivity index (χ4n) is 2.88. The minimum absolute atomic E-state index is 0.405. The maximum atomic E-state index is 5.73. The molecule has 3 nitrogen and oxygen atoms in total. The molecule has 3 rings (SSSR count). The van der Waals surface area contributed by atoms with Crippen molar-refractivity contribution in [2.45, 2.75) is 38.6 Å². The first kappa shape index (κ1) is 12.8. The third-order valence-corrected chi connectivity index (χ3v) is 4.69. The molecule has 1 atom stereocenters. The van der Waals surface area contributed by atoms with Crippen molar-refractivity contribution in [1.29, 1.82) is 0 Å². The number of ether oxygens (including phenoxy) is 2. The first-order valence-corrected chi connectivity index (χ1v) is 7.30. The van der Waals surface area contributed by atoms with Gasteiger partial charge in [0.15, 0.2) is 0 Å². The average Bonchev–Trinajstić information content (AvgIpc) is 3.25. The lowest BCUT2D eigenvalue weighted by Crippen LogP contribution is -2.31. The first-order valence-electron chi connectivity index (χ1n) is 7.30. The van der Waals surface area contributed by atoms with Crippen LogP contribution in [0.25, 0.3) is 0 Å². The van der Waals surface area contributed by atoms with Crippen LogP contribution in [0.3, 0.4) is 0 Å². The molecule has 1 aliphatic heterocycles. The van der Waals surface area contributed by atoms with Gasteiger partial charge < -0.3 is 14.8 Å². The molecule has 1 saturated carbocycles. The highest BCUT2D eigenvalue weighted by atomic mass is 16.5. The highest BCUT2D eigenvalue weighted by Gasteiger charge is 2.40. The molecular formula is C16H23NO2. The highest BCUT2D eigenvalue weighted by molar-refractivity contribution is 5.43. The topological polar surface area (TPSA) is 30.5 Å². The predicted molar refractivity (Wildman–Crippen MR) is 75.8 cm³/mol. The van der Waals surface area contributed by atoms with Gasteiger partial charge in [-0.1, -0.05) is 6.92 Å². The molecule has 19 heavy (non-hydrogen) atoms. The summed E-state index contributed by atoms with van der Waals surface area (Å²) in [4.78, 5) is 0. The lowest BCUT2D eigenvalue weighted by atomic mass is 9.98. The Balaban J connectivity index is 1.73. The molecule has 0 aromatic heterocycles. The molecule has 1 heterocycles. The van der Waals surface area contributed by atoms with Crippen molar-refractivity contribution < 1.29 is 9.47 Å². The van der Waals surface area contributed by atoms with Gasteiger partial charge in [-0.25, -0.2) is 0 Å². The molecule has 1 N–H and O–H groups in total. The van der Waals surface area contributed by atoms with Crippen LogP contribution < -0.4 is 14.8 Å². The highest BCUT2D eigenvalue weighted by Crippen LogP contribution is 2.48. The molecule has 1 aliphatic carbocycles. The van der Waals surface area contributed by atoms with Gasteiger partial charge in [-0.05, 0) is 42.9 Å². The molecule has 1 fully saturated rings. The lowest BCUT2D eigenvalue weighted by Gasteiger charge is -2.28. The molecule has 0 radical (unpaired) electrons. The van der Waals surface area contributed by atoms with Crippen LogP contribution in [0.1, 0.15) is 44.2 Å². The Morgan fingerprint density at radius 3 is 2.95 bits per heavy atom. The van der Waals surface area contributed by atoms with Gasteiger partial charge in [-0.15, -0.1) is 0 Å². The van der Waals surface area contributed by atoms with Crippen molar-refractivity contribution in [3.05, 3.63) is 23.8 Å². The average molecular weight is 261 g/mol. The fraction of sp³-hybridized carbons (Fsp3) is 0.625. The van der Waals surface area contributed by atoms with Crippen LogP contribution in [-0.4, -0.2) is 20.3 Å². The molecule has 0 spiro atoms. The minimum atomic E-state index is 0.405. The van der Waals surface area contributed by atoms with Gasteiger partial charge in [-0.2, -0.15) is 0 Å². The van der Waals surface area contributed by atoms with Gasteiger partial charge in [0.25, 0.3) is 0 Å². The van der Waals surface area contributed by atoms with Gasteiger partial charge in [0.05, 0.1) is 13.7 Å². The third-order valence-electron chi connectivity index (χ3n) is 4.69. The summed E-state index contributed by atoms with van der Waals surface area (Å²) in [5.74, 6) is 1.92. The van der Waals surface area contributed by atoms with Gasteiger partial charge in [-0.3, -0.25) is 0 Å². The van der Waals surface area contributed by atoms with E-state index in [0.717, 1.165) is 31.1 Å². The van der Waals surface area contributed by atoms with Gasteiger partial charge in [0.1, 0.15) is 11.5 Å². The van der Waals surface area contributed by atoms with Crippen LogP contribution in [0, 0.1) is 5.41 Å². The summed E-state index contributed by atoms with van der Waals surface area (Å²) in [6.45, 7) is 4.23. The number of hydrogen-bond donors (Lipinski definition) is 1. The predicted octanol–water partition coefficient (Wildman–Crippen LogP) is 3.30. The van der Waals surface area contributed by atoms with E-state index in [1.54, 1.807) is 7.11 Å². The second-order valence-corrected chi connectivity index (χ2v) is 5.83. The molecule has 0 saturated heterocycles. The van der Waals surface area contributed by atoms with Crippen molar-refractivity contribution in [3.8, 4) is 11.5 Å². The number of hydrogen-bond acceptors (Lipinski definition) is 3. The Bertz CT molecular complexity index is 454. The van der Waals surface area contributed by atoms with Crippen LogP contribution >= 0.6 is 0 Å². The van der Waals surface area contributed by atoms with Gasteiger partial charge >= 0.3 is 0 Å². The zero-order valence-electron chi connectivity index (χ0n) is 11.9. The maximum Gasteiger partial charge on any atom is 0.124 e. The molecule has 1 aromatic rings. The minimum Gasteiger partial charge on any atom is -0.497 e. The van der Waals surface area contributed by atoms with Crippen LogP contribution in [0.15, 0.2) is 18.2 Å². The molecule has 1 unspecified atom stereocenters. The largest absolute Gasteiger partial charge is 0.497 e. The second-order valence-electron chi connectivity index (χ2n) is 5.83. The third kappa shape index (κ3) is 2.57. The number of rotatable bonds is 5. The van der Waals surface area contributed by atoms with E-state index in [1.165, 1.54) is 24.8 Å². The number of benzene rings is 1. The zero-order chi connectivity index (χ0) is 13.3. The maximum absolute atomic E-state index is 5.73. The Kier molecular flexibility index (Phi) is 3.40. The molecule has 104 valence electrons. The standard InChI is InChI=1S/C16H23NO2/c1-3-16(7-8-16)11-17-14-6-9-19-15-5-4-12(18-2)10-13(14)15/h4-5,10,14,17H,3,6-9,11H2,1-2H3. The second kappa shape index (κ2) is 5.04. The number of nitrogens with one attached hydrogen (secondary N) is 1. The SMILES string of the molecule is CCC1(CNC2CCOc3ccc(OC)cc32)CC1. The van der Waals surface area contributed by atoms with Crippen molar-refractivity contribution >= 4 is 0 Å².